The van der Waals surface area contributed by atoms with E-state index in [4.69, 9.17) is 9.15 Å². The number of rotatable bonds is 3. The molecule has 24 heavy (non-hydrogen) atoms. The number of morpholine rings is 1. The van der Waals surface area contributed by atoms with Crippen LogP contribution in [0.4, 0.5) is 0 Å². The fourth-order valence-electron chi connectivity index (χ4n) is 3.35. The molecule has 2 aliphatic heterocycles. The number of furan rings is 1. The largest absolute Gasteiger partial charge is 0.472 e. The molecule has 0 bridgehead atoms. The zero-order chi connectivity index (χ0) is 17.1. The van der Waals surface area contributed by atoms with Crippen LogP contribution in [0.15, 0.2) is 23.0 Å². The summed E-state index contributed by atoms with van der Waals surface area (Å²) in [6.45, 7) is 8.40. The van der Waals surface area contributed by atoms with Gasteiger partial charge in [-0.3, -0.25) is 14.5 Å². The molecule has 0 spiro atoms. The maximum Gasteiger partial charge on any atom is 0.257 e. The molecule has 0 aliphatic carbocycles. The lowest BCUT2D eigenvalue weighted by atomic mass is 10.2. The average Bonchev–Trinajstić information content (AvgIpc) is 3.08. The Hall–Kier alpha value is -1.86. The van der Waals surface area contributed by atoms with Gasteiger partial charge in [-0.05, 0) is 19.9 Å². The molecule has 3 heterocycles. The van der Waals surface area contributed by atoms with Crippen LogP contribution in [0, 0.1) is 0 Å². The third-order valence-electron chi connectivity index (χ3n) is 4.56. The fourth-order valence-corrected chi connectivity index (χ4v) is 3.35. The van der Waals surface area contributed by atoms with Crippen molar-refractivity contribution in [3.63, 3.8) is 0 Å². The lowest BCUT2D eigenvalue weighted by Gasteiger charge is -2.38. The van der Waals surface area contributed by atoms with Crippen LogP contribution in [0.1, 0.15) is 24.2 Å². The zero-order valence-electron chi connectivity index (χ0n) is 14.3. The molecule has 0 radical (unpaired) electrons. The summed E-state index contributed by atoms with van der Waals surface area (Å²) in [7, 11) is 0. The van der Waals surface area contributed by atoms with Crippen LogP contribution in [-0.4, -0.2) is 84.5 Å². The molecular formula is C17H25N3O4. The predicted molar refractivity (Wildman–Crippen MR) is 87.6 cm³/mol. The van der Waals surface area contributed by atoms with Gasteiger partial charge in [0.1, 0.15) is 6.26 Å². The number of ether oxygens (including phenoxy) is 1. The molecule has 132 valence electrons. The van der Waals surface area contributed by atoms with Crippen molar-refractivity contribution in [2.24, 2.45) is 0 Å². The molecule has 2 unspecified atom stereocenters. The monoisotopic (exact) mass is 335 g/mol. The average molecular weight is 335 g/mol. The number of hydrogen-bond donors (Lipinski definition) is 0. The fraction of sp³-hybridized carbons (Fsp3) is 0.647. The normalized spacial score (nSPS) is 25.8. The third kappa shape index (κ3) is 3.96. The SMILES string of the molecule is CC1CN(C(=O)CN2CCN(C(=O)c3ccoc3)CC2)CC(C)O1. The molecule has 2 saturated heterocycles. The van der Waals surface area contributed by atoms with E-state index in [1.807, 2.05) is 23.6 Å². The van der Waals surface area contributed by atoms with Crippen molar-refractivity contribution >= 4 is 11.8 Å². The van der Waals surface area contributed by atoms with Crippen LogP contribution in [-0.2, 0) is 9.53 Å². The minimum Gasteiger partial charge on any atom is -0.472 e. The highest BCUT2D eigenvalue weighted by Gasteiger charge is 2.28. The number of nitrogens with zero attached hydrogens (tertiary/aromatic N) is 3. The van der Waals surface area contributed by atoms with Gasteiger partial charge >= 0.3 is 0 Å². The summed E-state index contributed by atoms with van der Waals surface area (Å²) in [5.74, 6) is 0.136. The Morgan fingerprint density at radius 2 is 1.75 bits per heavy atom. The highest BCUT2D eigenvalue weighted by molar-refractivity contribution is 5.93. The first-order valence-corrected chi connectivity index (χ1v) is 8.50. The Morgan fingerprint density at radius 3 is 2.33 bits per heavy atom. The first-order valence-electron chi connectivity index (χ1n) is 8.50. The maximum atomic E-state index is 12.5. The molecule has 2 aliphatic rings. The van der Waals surface area contributed by atoms with Crippen LogP contribution >= 0.6 is 0 Å². The first-order chi connectivity index (χ1) is 11.5. The molecule has 0 N–H and O–H groups in total. The topological polar surface area (TPSA) is 66.2 Å². The molecule has 2 amide bonds. The Bertz CT molecular complexity index is 556. The summed E-state index contributed by atoms with van der Waals surface area (Å²) in [5, 5.41) is 0. The van der Waals surface area contributed by atoms with Crippen molar-refractivity contribution in [3.8, 4) is 0 Å². The van der Waals surface area contributed by atoms with Gasteiger partial charge in [-0.1, -0.05) is 0 Å². The highest BCUT2D eigenvalue weighted by atomic mass is 16.5. The van der Waals surface area contributed by atoms with Gasteiger partial charge in [0.15, 0.2) is 0 Å². The minimum absolute atomic E-state index is 0.00875. The van der Waals surface area contributed by atoms with Gasteiger partial charge in [0.2, 0.25) is 5.91 Å². The molecule has 0 aromatic carbocycles. The summed E-state index contributed by atoms with van der Waals surface area (Å²) < 4.78 is 10.6. The van der Waals surface area contributed by atoms with Crippen molar-refractivity contribution in [2.45, 2.75) is 26.1 Å². The van der Waals surface area contributed by atoms with E-state index in [-0.39, 0.29) is 24.0 Å². The van der Waals surface area contributed by atoms with Gasteiger partial charge in [0.25, 0.3) is 5.91 Å². The number of piperazine rings is 1. The van der Waals surface area contributed by atoms with Gasteiger partial charge in [-0.25, -0.2) is 0 Å². The molecule has 0 saturated carbocycles. The first kappa shape index (κ1) is 17.0. The second-order valence-corrected chi connectivity index (χ2v) is 6.64. The Kier molecular flexibility index (Phi) is 5.20. The van der Waals surface area contributed by atoms with Gasteiger partial charge in [0.05, 0.1) is 30.6 Å². The van der Waals surface area contributed by atoms with Crippen LogP contribution in [0.2, 0.25) is 0 Å². The quantitative estimate of drug-likeness (QED) is 0.812. The van der Waals surface area contributed by atoms with Crippen molar-refractivity contribution in [3.05, 3.63) is 24.2 Å². The van der Waals surface area contributed by atoms with Crippen LogP contribution < -0.4 is 0 Å². The van der Waals surface area contributed by atoms with Crippen molar-refractivity contribution in [2.75, 3.05) is 45.8 Å². The van der Waals surface area contributed by atoms with Gasteiger partial charge in [0, 0.05) is 39.3 Å². The summed E-state index contributed by atoms with van der Waals surface area (Å²) >= 11 is 0. The number of carbonyl (C=O) groups is 2. The van der Waals surface area contributed by atoms with E-state index in [9.17, 15) is 9.59 Å². The van der Waals surface area contributed by atoms with Crippen LogP contribution in [0.3, 0.4) is 0 Å². The van der Waals surface area contributed by atoms with Crippen molar-refractivity contribution in [1.29, 1.82) is 0 Å². The van der Waals surface area contributed by atoms with E-state index in [0.717, 1.165) is 0 Å². The maximum absolute atomic E-state index is 12.5. The Morgan fingerprint density at radius 1 is 1.08 bits per heavy atom. The van der Waals surface area contributed by atoms with E-state index in [0.29, 0.717) is 51.4 Å². The van der Waals surface area contributed by atoms with E-state index in [2.05, 4.69) is 4.90 Å². The molecule has 1 aromatic heterocycles. The number of carbonyl (C=O) groups excluding carboxylic acids is 2. The van der Waals surface area contributed by atoms with E-state index in [1.165, 1.54) is 12.5 Å². The number of amides is 2. The molecule has 1 aromatic rings. The van der Waals surface area contributed by atoms with Gasteiger partial charge in [-0.15, -0.1) is 0 Å². The molecule has 2 atom stereocenters. The molecular weight excluding hydrogens is 310 g/mol. The second kappa shape index (κ2) is 7.36. The number of hydrogen-bond acceptors (Lipinski definition) is 5. The molecule has 7 nitrogen and oxygen atoms in total. The second-order valence-electron chi connectivity index (χ2n) is 6.64. The summed E-state index contributed by atoms with van der Waals surface area (Å²) in [5.41, 5.74) is 0.579. The molecule has 2 fully saturated rings. The molecule has 3 rings (SSSR count). The zero-order valence-corrected chi connectivity index (χ0v) is 14.3. The lowest BCUT2D eigenvalue weighted by molar-refractivity contribution is -0.144. The lowest BCUT2D eigenvalue weighted by Crippen LogP contribution is -2.54. The van der Waals surface area contributed by atoms with Crippen LogP contribution in [0.25, 0.3) is 0 Å². The van der Waals surface area contributed by atoms with E-state index < -0.39 is 0 Å². The summed E-state index contributed by atoms with van der Waals surface area (Å²) in [4.78, 5) is 30.6. The van der Waals surface area contributed by atoms with E-state index in [1.54, 1.807) is 6.07 Å². The van der Waals surface area contributed by atoms with Gasteiger partial charge < -0.3 is 19.0 Å². The Labute approximate surface area is 142 Å². The third-order valence-corrected chi connectivity index (χ3v) is 4.56. The predicted octanol–water partition coefficient (Wildman–Crippen LogP) is 0.673. The van der Waals surface area contributed by atoms with E-state index >= 15 is 0 Å². The summed E-state index contributed by atoms with van der Waals surface area (Å²) in [6, 6.07) is 1.68. The standard InChI is InChI=1S/C17H25N3O4/c1-13-9-20(10-14(2)24-13)16(21)11-18-4-6-19(7-5-18)17(22)15-3-8-23-12-15/h3,8,12-14H,4-7,9-11H2,1-2H3. The van der Waals surface area contributed by atoms with Crippen molar-refractivity contribution in [1.82, 2.24) is 14.7 Å². The van der Waals surface area contributed by atoms with Crippen molar-refractivity contribution < 1.29 is 18.7 Å². The smallest absolute Gasteiger partial charge is 0.257 e. The Balaban J connectivity index is 1.47. The highest BCUT2D eigenvalue weighted by Crippen LogP contribution is 2.13. The van der Waals surface area contributed by atoms with Gasteiger partial charge in [-0.2, -0.15) is 0 Å². The summed E-state index contributed by atoms with van der Waals surface area (Å²) in [6.07, 6.45) is 3.15. The molecule has 7 heteroatoms. The van der Waals surface area contributed by atoms with Crippen LogP contribution in [0.5, 0.6) is 0 Å². The minimum atomic E-state index is -0.00875.